The predicted octanol–water partition coefficient (Wildman–Crippen LogP) is 6.35. The lowest BCUT2D eigenvalue weighted by atomic mass is 10.1. The highest BCUT2D eigenvalue weighted by atomic mass is 28.4. The molecule has 242 valence electrons. The Hall–Kier alpha value is -1.53. The molecule has 0 aliphatic carbocycles. The Kier molecular flexibility index (Phi) is 24.1. The van der Waals surface area contributed by atoms with E-state index >= 15 is 0 Å². The van der Waals surface area contributed by atoms with Gasteiger partial charge in [-0.15, -0.1) is 0 Å². The van der Waals surface area contributed by atoms with E-state index in [0.717, 1.165) is 37.0 Å². The van der Waals surface area contributed by atoms with Crippen molar-refractivity contribution in [2.24, 2.45) is 0 Å². The quantitative estimate of drug-likeness (QED) is 0.0468. The van der Waals surface area contributed by atoms with Gasteiger partial charge in [0.1, 0.15) is 19.8 Å². The Morgan fingerprint density at radius 1 is 0.512 bits per heavy atom. The normalized spacial score (nSPS) is 12.1. The Morgan fingerprint density at radius 2 is 0.805 bits per heavy atom. The molecule has 0 heterocycles. The van der Waals surface area contributed by atoms with E-state index in [9.17, 15) is 14.4 Å². The van der Waals surface area contributed by atoms with Crippen molar-refractivity contribution < 1.29 is 47.5 Å². The summed E-state index contributed by atoms with van der Waals surface area (Å²) in [6.45, 7) is 5.06. The van der Waals surface area contributed by atoms with Gasteiger partial charge in [0, 0.05) is 12.5 Å². The highest BCUT2D eigenvalue weighted by Crippen LogP contribution is 2.22. The standard InChI is InChI=1S/C30H59NO9Si/c1-4-6-8-10-12-14-16-18-21-31(3,22-19-17-15-13-11-9-7-5-2)23-20-24-41(38-25-28(32)33,39-26-29(34)35)40-27-30(36)37/h4-27H2,1-3H3,(H2-,32,33,34,35,36,37)/p+1. The summed E-state index contributed by atoms with van der Waals surface area (Å²) in [4.78, 5) is 33.6. The summed E-state index contributed by atoms with van der Waals surface area (Å²) >= 11 is 0. The van der Waals surface area contributed by atoms with Gasteiger partial charge in [0.25, 0.3) is 0 Å². The number of carboxylic acid groups (broad SMARTS) is 3. The molecule has 0 aliphatic heterocycles. The Bertz CT molecular complexity index is 627. The fourth-order valence-electron chi connectivity index (χ4n) is 5.12. The van der Waals surface area contributed by atoms with Crippen LogP contribution in [0, 0.1) is 0 Å². The molecule has 3 N–H and O–H groups in total. The van der Waals surface area contributed by atoms with Crippen molar-refractivity contribution in [1.29, 1.82) is 0 Å². The molecule has 0 atom stereocenters. The minimum absolute atomic E-state index is 0.156. The number of aliphatic carboxylic acids is 3. The first-order chi connectivity index (χ1) is 19.6. The van der Waals surface area contributed by atoms with E-state index < -0.39 is 46.5 Å². The number of carboxylic acids is 3. The first-order valence-corrected chi connectivity index (χ1v) is 17.9. The highest BCUT2D eigenvalue weighted by molar-refractivity contribution is 6.61. The molecular formula is C30H60NO9Si+. The molecule has 11 heteroatoms. The second kappa shape index (κ2) is 25.0. The van der Waals surface area contributed by atoms with Gasteiger partial charge < -0.3 is 33.1 Å². The van der Waals surface area contributed by atoms with Crippen molar-refractivity contribution in [2.75, 3.05) is 46.5 Å². The molecule has 0 bridgehead atoms. The molecule has 0 amide bonds. The maximum absolute atomic E-state index is 11.2. The smallest absolute Gasteiger partial charge is 0.480 e. The van der Waals surface area contributed by atoms with Gasteiger partial charge in [-0.3, -0.25) is 0 Å². The molecule has 0 fully saturated rings. The molecule has 0 unspecified atom stereocenters. The number of hydrogen-bond acceptors (Lipinski definition) is 6. The minimum Gasteiger partial charge on any atom is -0.480 e. The van der Waals surface area contributed by atoms with Gasteiger partial charge >= 0.3 is 26.7 Å². The summed E-state index contributed by atoms with van der Waals surface area (Å²) in [5.74, 6) is -3.78. The van der Waals surface area contributed by atoms with Crippen LogP contribution >= 0.6 is 0 Å². The molecule has 0 aliphatic rings. The number of rotatable bonds is 31. The number of hydrogen-bond donors (Lipinski definition) is 3. The molecule has 0 radical (unpaired) electrons. The van der Waals surface area contributed by atoms with E-state index in [1.807, 2.05) is 0 Å². The number of quaternary nitrogens is 1. The molecule has 0 aromatic carbocycles. The zero-order chi connectivity index (χ0) is 30.8. The van der Waals surface area contributed by atoms with Crippen LogP contribution in [0.2, 0.25) is 6.04 Å². The minimum atomic E-state index is -3.86. The fraction of sp³-hybridized carbons (Fsp3) is 0.900. The van der Waals surface area contributed by atoms with Gasteiger partial charge in [0.15, 0.2) is 0 Å². The van der Waals surface area contributed by atoms with Crippen molar-refractivity contribution >= 4 is 26.7 Å². The van der Waals surface area contributed by atoms with E-state index in [4.69, 9.17) is 28.6 Å². The summed E-state index contributed by atoms with van der Waals surface area (Å²) in [5, 5.41) is 27.4. The van der Waals surface area contributed by atoms with Crippen molar-refractivity contribution in [1.82, 2.24) is 0 Å². The maximum Gasteiger partial charge on any atom is 0.502 e. The van der Waals surface area contributed by atoms with Gasteiger partial charge in [-0.25, -0.2) is 14.4 Å². The molecule has 0 aromatic rings. The second-order valence-electron chi connectivity index (χ2n) is 11.6. The lowest BCUT2D eigenvalue weighted by molar-refractivity contribution is -0.910. The van der Waals surface area contributed by atoms with E-state index in [1.54, 1.807) is 0 Å². The molecule has 41 heavy (non-hydrogen) atoms. The monoisotopic (exact) mass is 606 g/mol. The largest absolute Gasteiger partial charge is 0.502 e. The SMILES string of the molecule is CCCCCCCCCC[N+](C)(CCCCCCCCCC)CCC[Si](OCC(=O)O)(OCC(=O)O)OCC(=O)O. The van der Waals surface area contributed by atoms with Gasteiger partial charge in [-0.05, 0) is 25.7 Å². The number of nitrogens with zero attached hydrogens (tertiary/aromatic N) is 1. The fourth-order valence-corrected chi connectivity index (χ4v) is 7.43. The van der Waals surface area contributed by atoms with Crippen LogP contribution in [0.4, 0.5) is 0 Å². The first-order valence-electron chi connectivity index (χ1n) is 16.0. The van der Waals surface area contributed by atoms with Gasteiger partial charge in [0.05, 0.1) is 26.7 Å². The third kappa shape index (κ3) is 23.7. The van der Waals surface area contributed by atoms with Gasteiger partial charge in [0.2, 0.25) is 0 Å². The van der Waals surface area contributed by atoms with Crippen molar-refractivity contribution in [3.05, 3.63) is 0 Å². The van der Waals surface area contributed by atoms with E-state index in [0.29, 0.717) is 6.42 Å². The Balaban J connectivity index is 5.16. The third-order valence-corrected chi connectivity index (χ3v) is 10.2. The summed E-state index contributed by atoms with van der Waals surface area (Å²) in [6, 6.07) is 0.156. The van der Waals surface area contributed by atoms with Crippen LogP contribution in [0.5, 0.6) is 0 Å². The number of unbranched alkanes of at least 4 members (excludes halogenated alkanes) is 14. The number of carbonyl (C=O) groups is 3. The van der Waals surface area contributed by atoms with Crippen LogP contribution in [-0.2, 0) is 27.7 Å². The topological polar surface area (TPSA) is 140 Å². The summed E-state index contributed by atoms with van der Waals surface area (Å²) in [7, 11) is -1.61. The molecular weight excluding hydrogens is 546 g/mol. The lowest BCUT2D eigenvalue weighted by Crippen LogP contribution is -2.51. The Morgan fingerprint density at radius 3 is 1.12 bits per heavy atom. The molecule has 0 saturated carbocycles. The van der Waals surface area contributed by atoms with Crippen molar-refractivity contribution in [3.63, 3.8) is 0 Å². The summed E-state index contributed by atoms with van der Waals surface area (Å²) in [6.07, 6.45) is 20.6. The predicted molar refractivity (Wildman–Crippen MR) is 162 cm³/mol. The van der Waals surface area contributed by atoms with E-state index in [2.05, 4.69) is 20.9 Å². The molecule has 10 nitrogen and oxygen atoms in total. The van der Waals surface area contributed by atoms with Crippen LogP contribution in [0.3, 0.4) is 0 Å². The maximum atomic E-state index is 11.2. The Labute approximate surface area is 249 Å². The molecule has 0 spiro atoms. The summed E-state index contributed by atoms with van der Waals surface area (Å²) in [5.41, 5.74) is 0. The van der Waals surface area contributed by atoms with Crippen LogP contribution in [0.15, 0.2) is 0 Å². The van der Waals surface area contributed by atoms with Crippen LogP contribution in [-0.4, -0.2) is 93.0 Å². The van der Waals surface area contributed by atoms with Crippen LogP contribution < -0.4 is 0 Å². The second-order valence-corrected chi connectivity index (χ2v) is 14.3. The molecule has 0 rings (SSSR count). The van der Waals surface area contributed by atoms with Gasteiger partial charge in [-0.2, -0.15) is 0 Å². The van der Waals surface area contributed by atoms with Gasteiger partial charge in [-0.1, -0.05) is 90.9 Å². The average molecular weight is 607 g/mol. The van der Waals surface area contributed by atoms with E-state index in [-0.39, 0.29) is 6.04 Å². The van der Waals surface area contributed by atoms with Crippen LogP contribution in [0.1, 0.15) is 123 Å². The average Bonchev–Trinajstić information content (AvgIpc) is 2.92. The lowest BCUT2D eigenvalue weighted by Gasteiger charge is -2.36. The van der Waals surface area contributed by atoms with E-state index in [1.165, 1.54) is 89.9 Å². The zero-order valence-electron chi connectivity index (χ0n) is 26.2. The van der Waals surface area contributed by atoms with Crippen molar-refractivity contribution in [3.8, 4) is 0 Å². The third-order valence-electron chi connectivity index (χ3n) is 7.53. The summed E-state index contributed by atoms with van der Waals surface area (Å²) < 4.78 is 17.3. The highest BCUT2D eigenvalue weighted by Gasteiger charge is 2.43. The van der Waals surface area contributed by atoms with Crippen LogP contribution in [0.25, 0.3) is 0 Å². The first kappa shape index (κ1) is 39.5. The zero-order valence-corrected chi connectivity index (χ0v) is 27.2. The molecule has 0 aromatic heterocycles. The molecule has 0 saturated heterocycles. The van der Waals surface area contributed by atoms with Crippen molar-refractivity contribution in [2.45, 2.75) is 129 Å².